The first kappa shape index (κ1) is 20.9. The van der Waals surface area contributed by atoms with Crippen molar-refractivity contribution in [3.05, 3.63) is 90.1 Å². The fraction of sp³-hybridized carbons (Fsp3) is 0.0800. The van der Waals surface area contributed by atoms with Crippen LogP contribution in [-0.4, -0.2) is 28.6 Å². The van der Waals surface area contributed by atoms with Gasteiger partial charge in [0.2, 0.25) is 0 Å². The minimum Gasteiger partial charge on any atom is -0.478 e. The molecule has 0 aliphatic heterocycles. The van der Waals surface area contributed by atoms with Gasteiger partial charge in [-0.1, -0.05) is 24.3 Å². The number of hydrogen-bond donors (Lipinski definition) is 2. The maximum atomic E-state index is 12.6. The van der Waals surface area contributed by atoms with Gasteiger partial charge in [-0.05, 0) is 55.5 Å². The SMILES string of the molecule is CCOC(=O)c1cnc2ccc(Oc3ccccc3)cc2c1Nc1cccc(C(=O)O)c1. The number of carboxylic acid groups (broad SMARTS) is 1. The highest BCUT2D eigenvalue weighted by Crippen LogP contribution is 2.33. The van der Waals surface area contributed by atoms with Crippen LogP contribution in [0.25, 0.3) is 10.9 Å². The molecule has 3 aromatic carbocycles. The molecule has 0 fully saturated rings. The van der Waals surface area contributed by atoms with Gasteiger partial charge in [0.05, 0.1) is 23.4 Å². The molecule has 4 aromatic rings. The Morgan fingerprint density at radius 2 is 1.78 bits per heavy atom. The van der Waals surface area contributed by atoms with Crippen molar-refractivity contribution in [2.75, 3.05) is 11.9 Å². The summed E-state index contributed by atoms with van der Waals surface area (Å²) in [6, 6.07) is 21.0. The molecule has 2 N–H and O–H groups in total. The molecule has 0 aliphatic carbocycles. The molecular weight excluding hydrogens is 408 g/mol. The molecule has 4 rings (SSSR count). The average molecular weight is 428 g/mol. The smallest absolute Gasteiger partial charge is 0.341 e. The Labute approximate surface area is 184 Å². The van der Waals surface area contributed by atoms with E-state index in [4.69, 9.17) is 9.47 Å². The van der Waals surface area contributed by atoms with Gasteiger partial charge in [0.15, 0.2) is 0 Å². The van der Waals surface area contributed by atoms with E-state index in [2.05, 4.69) is 10.3 Å². The topological polar surface area (TPSA) is 97.8 Å². The second-order valence-corrected chi connectivity index (χ2v) is 6.87. The zero-order valence-electron chi connectivity index (χ0n) is 17.2. The number of carbonyl (C=O) groups excluding carboxylic acids is 1. The molecule has 7 nitrogen and oxygen atoms in total. The van der Waals surface area contributed by atoms with E-state index in [1.54, 1.807) is 37.3 Å². The lowest BCUT2D eigenvalue weighted by Gasteiger charge is -2.15. The summed E-state index contributed by atoms with van der Waals surface area (Å²) in [5, 5.41) is 13.1. The first-order valence-corrected chi connectivity index (χ1v) is 9.98. The number of para-hydroxylation sites is 1. The molecule has 0 atom stereocenters. The highest BCUT2D eigenvalue weighted by Gasteiger charge is 2.18. The van der Waals surface area contributed by atoms with Crippen LogP contribution in [0.5, 0.6) is 11.5 Å². The fourth-order valence-electron chi connectivity index (χ4n) is 3.23. The number of aromatic carboxylic acids is 1. The van der Waals surface area contributed by atoms with E-state index in [9.17, 15) is 14.7 Å². The van der Waals surface area contributed by atoms with Gasteiger partial charge in [-0.25, -0.2) is 9.59 Å². The van der Waals surface area contributed by atoms with Crippen LogP contribution in [0.4, 0.5) is 11.4 Å². The Morgan fingerprint density at radius 3 is 2.53 bits per heavy atom. The zero-order chi connectivity index (χ0) is 22.5. The third-order valence-corrected chi connectivity index (χ3v) is 4.69. The molecule has 0 aliphatic rings. The molecule has 0 radical (unpaired) electrons. The summed E-state index contributed by atoms with van der Waals surface area (Å²) in [5.41, 5.74) is 1.96. The van der Waals surface area contributed by atoms with Crippen molar-refractivity contribution in [3.8, 4) is 11.5 Å². The zero-order valence-corrected chi connectivity index (χ0v) is 17.2. The monoisotopic (exact) mass is 428 g/mol. The Balaban J connectivity index is 1.82. The number of nitrogens with one attached hydrogen (secondary N) is 1. The summed E-state index contributed by atoms with van der Waals surface area (Å²) in [7, 11) is 0. The van der Waals surface area contributed by atoms with Crippen molar-refractivity contribution in [2.24, 2.45) is 0 Å². The molecular formula is C25H20N2O5. The van der Waals surface area contributed by atoms with Gasteiger partial charge in [-0.2, -0.15) is 0 Å². The highest BCUT2D eigenvalue weighted by molar-refractivity contribution is 6.06. The van der Waals surface area contributed by atoms with Gasteiger partial charge >= 0.3 is 11.9 Å². The third kappa shape index (κ3) is 4.52. The maximum Gasteiger partial charge on any atom is 0.341 e. The Morgan fingerprint density at radius 1 is 0.969 bits per heavy atom. The lowest BCUT2D eigenvalue weighted by atomic mass is 10.1. The molecule has 1 heterocycles. The molecule has 0 saturated heterocycles. The van der Waals surface area contributed by atoms with Crippen LogP contribution < -0.4 is 10.1 Å². The molecule has 0 unspecified atom stereocenters. The van der Waals surface area contributed by atoms with Crippen LogP contribution in [0.15, 0.2) is 79.0 Å². The average Bonchev–Trinajstić information content (AvgIpc) is 2.80. The van der Waals surface area contributed by atoms with Crippen LogP contribution in [0.2, 0.25) is 0 Å². The summed E-state index contributed by atoms with van der Waals surface area (Å²) in [6.45, 7) is 1.93. The first-order chi connectivity index (χ1) is 15.5. The summed E-state index contributed by atoms with van der Waals surface area (Å²) in [5.74, 6) is -0.343. The molecule has 160 valence electrons. The molecule has 0 amide bonds. The molecule has 1 aromatic heterocycles. The van der Waals surface area contributed by atoms with E-state index in [-0.39, 0.29) is 17.7 Å². The van der Waals surface area contributed by atoms with Gasteiger partial charge in [-0.15, -0.1) is 0 Å². The molecule has 0 spiro atoms. The van der Waals surface area contributed by atoms with Gasteiger partial charge in [-0.3, -0.25) is 4.98 Å². The summed E-state index contributed by atoms with van der Waals surface area (Å²) in [6.07, 6.45) is 1.45. The van der Waals surface area contributed by atoms with Crippen molar-refractivity contribution in [2.45, 2.75) is 6.92 Å². The minimum atomic E-state index is -1.04. The van der Waals surface area contributed by atoms with Crippen LogP contribution in [0.1, 0.15) is 27.6 Å². The molecule has 0 saturated carbocycles. The van der Waals surface area contributed by atoms with Crippen molar-refractivity contribution in [3.63, 3.8) is 0 Å². The molecule has 32 heavy (non-hydrogen) atoms. The lowest BCUT2D eigenvalue weighted by molar-refractivity contribution is 0.0526. The van der Waals surface area contributed by atoms with Gasteiger partial charge in [0.1, 0.15) is 17.1 Å². The van der Waals surface area contributed by atoms with Crippen LogP contribution in [-0.2, 0) is 4.74 Å². The van der Waals surface area contributed by atoms with Gasteiger partial charge in [0, 0.05) is 17.3 Å². The van der Waals surface area contributed by atoms with E-state index in [0.29, 0.717) is 33.8 Å². The number of carbonyl (C=O) groups is 2. The maximum absolute atomic E-state index is 12.6. The number of fused-ring (bicyclic) bond motifs is 1. The van der Waals surface area contributed by atoms with Crippen LogP contribution in [0.3, 0.4) is 0 Å². The van der Waals surface area contributed by atoms with Gasteiger partial charge < -0.3 is 19.9 Å². The normalized spacial score (nSPS) is 10.5. The Bertz CT molecular complexity index is 1290. The minimum absolute atomic E-state index is 0.124. The number of ether oxygens (including phenoxy) is 2. The van der Waals surface area contributed by atoms with Crippen LogP contribution >= 0.6 is 0 Å². The Kier molecular flexibility index (Phi) is 5.98. The van der Waals surface area contributed by atoms with Crippen molar-refractivity contribution in [1.82, 2.24) is 4.98 Å². The number of carboxylic acids is 1. The number of anilines is 2. The largest absolute Gasteiger partial charge is 0.478 e. The fourth-order valence-corrected chi connectivity index (χ4v) is 3.23. The number of pyridine rings is 1. The lowest BCUT2D eigenvalue weighted by Crippen LogP contribution is -2.09. The number of esters is 1. The van der Waals surface area contributed by atoms with Crippen molar-refractivity contribution < 1.29 is 24.2 Å². The van der Waals surface area contributed by atoms with E-state index in [0.717, 1.165) is 0 Å². The standard InChI is InChI=1S/C25H20N2O5/c1-2-31-25(30)21-15-26-22-12-11-19(32-18-9-4-3-5-10-18)14-20(22)23(21)27-17-8-6-7-16(13-17)24(28)29/h3-15H,2H2,1H3,(H,26,27)(H,28,29). The number of rotatable bonds is 7. The number of hydrogen-bond acceptors (Lipinski definition) is 6. The van der Waals surface area contributed by atoms with E-state index in [1.807, 2.05) is 30.3 Å². The van der Waals surface area contributed by atoms with E-state index in [1.165, 1.54) is 18.3 Å². The number of benzene rings is 3. The number of aromatic nitrogens is 1. The predicted molar refractivity (Wildman–Crippen MR) is 121 cm³/mol. The Hall–Kier alpha value is -4.39. The third-order valence-electron chi connectivity index (χ3n) is 4.69. The number of nitrogens with zero attached hydrogens (tertiary/aromatic N) is 1. The quantitative estimate of drug-likeness (QED) is 0.367. The first-order valence-electron chi connectivity index (χ1n) is 9.98. The van der Waals surface area contributed by atoms with Crippen molar-refractivity contribution in [1.29, 1.82) is 0 Å². The van der Waals surface area contributed by atoms with E-state index >= 15 is 0 Å². The summed E-state index contributed by atoms with van der Waals surface area (Å²) in [4.78, 5) is 28.4. The summed E-state index contributed by atoms with van der Waals surface area (Å²) >= 11 is 0. The molecule has 7 heteroatoms. The van der Waals surface area contributed by atoms with Gasteiger partial charge in [0.25, 0.3) is 0 Å². The molecule has 0 bridgehead atoms. The second-order valence-electron chi connectivity index (χ2n) is 6.87. The van der Waals surface area contributed by atoms with E-state index < -0.39 is 11.9 Å². The predicted octanol–water partition coefficient (Wildman–Crippen LogP) is 5.65. The second kappa shape index (κ2) is 9.18. The van der Waals surface area contributed by atoms with Crippen molar-refractivity contribution >= 4 is 34.2 Å². The van der Waals surface area contributed by atoms with Crippen LogP contribution in [0, 0.1) is 0 Å². The highest BCUT2D eigenvalue weighted by atomic mass is 16.5. The summed E-state index contributed by atoms with van der Waals surface area (Å²) < 4.78 is 11.1.